The van der Waals surface area contributed by atoms with Crippen molar-refractivity contribution in [2.24, 2.45) is 5.92 Å². The van der Waals surface area contributed by atoms with E-state index in [0.29, 0.717) is 11.6 Å². The molecule has 0 aliphatic heterocycles. The lowest BCUT2D eigenvalue weighted by Crippen LogP contribution is -2.37. The van der Waals surface area contributed by atoms with Crippen molar-refractivity contribution in [1.29, 1.82) is 0 Å². The van der Waals surface area contributed by atoms with Crippen LogP contribution in [0.1, 0.15) is 49.8 Å². The number of carbonyl (C=O) groups excluding carboxylic acids is 1. The number of aryl methyl sites for hydroxylation is 1. The summed E-state index contributed by atoms with van der Waals surface area (Å²) >= 11 is 0. The summed E-state index contributed by atoms with van der Waals surface area (Å²) in [5, 5.41) is 7.72. The maximum absolute atomic E-state index is 14.0. The summed E-state index contributed by atoms with van der Waals surface area (Å²) in [5.41, 5.74) is 2.73. The molecule has 1 atom stereocenters. The first-order valence-electron chi connectivity index (χ1n) is 10.7. The second-order valence-electron chi connectivity index (χ2n) is 8.29. The zero-order valence-electron chi connectivity index (χ0n) is 17.5. The molecule has 1 aliphatic carbocycles. The zero-order chi connectivity index (χ0) is 21.1. The van der Waals surface area contributed by atoms with Gasteiger partial charge in [-0.15, -0.1) is 0 Å². The standard InChI is InChI=1S/C25H28FN3O/c1-16-15-24(29-23-10-6-4-7-20(16)23)28-19-13-11-18(12-14-19)25(30)27-17(2)21-8-3-5-9-22(21)26/h3-10,15,17-19H,11-14H2,1-2H3,(H,27,30)(H,28,29)/t17-,18-,19+/m1/s1. The first kappa shape index (κ1) is 20.3. The van der Waals surface area contributed by atoms with Crippen LogP contribution in [-0.4, -0.2) is 16.9 Å². The van der Waals surface area contributed by atoms with E-state index >= 15 is 0 Å². The van der Waals surface area contributed by atoms with Crippen LogP contribution in [0, 0.1) is 18.7 Å². The third-order valence-electron chi connectivity index (χ3n) is 6.10. The molecule has 5 heteroatoms. The summed E-state index contributed by atoms with van der Waals surface area (Å²) in [5.74, 6) is 0.608. The smallest absolute Gasteiger partial charge is 0.223 e. The quantitative estimate of drug-likeness (QED) is 0.587. The predicted molar refractivity (Wildman–Crippen MR) is 119 cm³/mol. The van der Waals surface area contributed by atoms with Crippen LogP contribution in [0.2, 0.25) is 0 Å². The van der Waals surface area contributed by atoms with E-state index in [9.17, 15) is 9.18 Å². The maximum atomic E-state index is 14.0. The van der Waals surface area contributed by atoms with Gasteiger partial charge in [0.15, 0.2) is 0 Å². The number of carbonyl (C=O) groups is 1. The van der Waals surface area contributed by atoms with Gasteiger partial charge in [-0.3, -0.25) is 4.79 Å². The highest BCUT2D eigenvalue weighted by Gasteiger charge is 2.27. The molecule has 0 unspecified atom stereocenters. The molecule has 0 saturated heterocycles. The molecule has 1 fully saturated rings. The van der Waals surface area contributed by atoms with Crippen LogP contribution in [0.4, 0.5) is 10.2 Å². The van der Waals surface area contributed by atoms with E-state index in [4.69, 9.17) is 4.98 Å². The van der Waals surface area contributed by atoms with Gasteiger partial charge in [-0.1, -0.05) is 36.4 Å². The minimum Gasteiger partial charge on any atom is -0.367 e. The highest BCUT2D eigenvalue weighted by molar-refractivity contribution is 5.83. The normalized spacial score (nSPS) is 20.0. The predicted octanol–water partition coefficient (Wildman–Crippen LogP) is 5.53. The van der Waals surface area contributed by atoms with Crippen molar-refractivity contribution in [2.45, 2.75) is 51.6 Å². The minimum absolute atomic E-state index is 0.0175. The first-order valence-corrected chi connectivity index (χ1v) is 10.7. The van der Waals surface area contributed by atoms with Crippen LogP contribution in [0.15, 0.2) is 54.6 Å². The van der Waals surface area contributed by atoms with E-state index in [-0.39, 0.29) is 23.7 Å². The molecule has 1 aromatic heterocycles. The number of fused-ring (bicyclic) bond motifs is 1. The first-order chi connectivity index (χ1) is 14.5. The number of anilines is 1. The molecule has 4 rings (SSSR count). The van der Waals surface area contributed by atoms with Gasteiger partial charge < -0.3 is 10.6 Å². The summed E-state index contributed by atoms with van der Waals surface area (Å²) in [4.78, 5) is 17.4. The third-order valence-corrected chi connectivity index (χ3v) is 6.10. The fourth-order valence-corrected chi connectivity index (χ4v) is 4.37. The SMILES string of the molecule is Cc1cc(N[C@H]2CC[C@@H](C(=O)N[C@H](C)c3ccccc3F)CC2)nc2ccccc12. The lowest BCUT2D eigenvalue weighted by atomic mass is 9.85. The van der Waals surface area contributed by atoms with Crippen molar-refractivity contribution < 1.29 is 9.18 Å². The molecule has 0 radical (unpaired) electrons. The topological polar surface area (TPSA) is 54.0 Å². The van der Waals surface area contributed by atoms with E-state index in [0.717, 1.165) is 37.0 Å². The number of rotatable bonds is 5. The van der Waals surface area contributed by atoms with Gasteiger partial charge in [0.2, 0.25) is 5.91 Å². The summed E-state index contributed by atoms with van der Waals surface area (Å²) in [6.07, 6.45) is 3.47. The molecule has 1 heterocycles. The van der Waals surface area contributed by atoms with Gasteiger partial charge in [-0.25, -0.2) is 9.37 Å². The molecule has 1 aliphatic rings. The summed E-state index contributed by atoms with van der Waals surface area (Å²) < 4.78 is 14.0. The maximum Gasteiger partial charge on any atom is 0.223 e. The summed E-state index contributed by atoms with van der Waals surface area (Å²) in [6, 6.07) is 16.8. The van der Waals surface area contributed by atoms with Crippen molar-refractivity contribution in [1.82, 2.24) is 10.3 Å². The highest BCUT2D eigenvalue weighted by atomic mass is 19.1. The molecule has 1 amide bonds. The number of hydrogen-bond donors (Lipinski definition) is 2. The lowest BCUT2D eigenvalue weighted by Gasteiger charge is -2.29. The highest BCUT2D eigenvalue weighted by Crippen LogP contribution is 2.28. The number of amides is 1. The monoisotopic (exact) mass is 405 g/mol. The van der Waals surface area contributed by atoms with E-state index < -0.39 is 0 Å². The van der Waals surface area contributed by atoms with Gasteiger partial charge in [-0.2, -0.15) is 0 Å². The number of aromatic nitrogens is 1. The Kier molecular flexibility index (Phi) is 5.98. The summed E-state index contributed by atoms with van der Waals surface area (Å²) in [6.45, 7) is 3.93. The average Bonchev–Trinajstić information content (AvgIpc) is 2.74. The van der Waals surface area contributed by atoms with Crippen molar-refractivity contribution in [3.05, 3.63) is 71.5 Å². The van der Waals surface area contributed by atoms with Crippen LogP contribution in [0.25, 0.3) is 10.9 Å². The Morgan fingerprint density at radius 1 is 1.07 bits per heavy atom. The van der Waals surface area contributed by atoms with Crippen molar-refractivity contribution in [3.8, 4) is 0 Å². The van der Waals surface area contributed by atoms with Crippen LogP contribution < -0.4 is 10.6 Å². The molecule has 3 aromatic rings. The van der Waals surface area contributed by atoms with Crippen LogP contribution >= 0.6 is 0 Å². The van der Waals surface area contributed by atoms with Gasteiger partial charge in [0.05, 0.1) is 11.6 Å². The van der Waals surface area contributed by atoms with Gasteiger partial charge in [-0.05, 0) is 63.3 Å². The van der Waals surface area contributed by atoms with E-state index in [1.807, 2.05) is 25.1 Å². The minimum atomic E-state index is -0.334. The van der Waals surface area contributed by atoms with E-state index in [1.165, 1.54) is 17.0 Å². The molecule has 156 valence electrons. The second kappa shape index (κ2) is 8.82. The Balaban J connectivity index is 1.33. The molecular formula is C25H28FN3O. The average molecular weight is 406 g/mol. The fraction of sp³-hybridized carbons (Fsp3) is 0.360. The molecular weight excluding hydrogens is 377 g/mol. The molecule has 0 bridgehead atoms. The lowest BCUT2D eigenvalue weighted by molar-refractivity contribution is -0.126. The van der Waals surface area contributed by atoms with Crippen LogP contribution in [-0.2, 0) is 4.79 Å². The molecule has 2 aromatic carbocycles. The number of pyridine rings is 1. The number of halogens is 1. The Morgan fingerprint density at radius 3 is 2.53 bits per heavy atom. The number of nitrogens with one attached hydrogen (secondary N) is 2. The third kappa shape index (κ3) is 4.45. The van der Waals surface area contributed by atoms with Gasteiger partial charge in [0, 0.05) is 22.9 Å². The van der Waals surface area contributed by atoms with Gasteiger partial charge >= 0.3 is 0 Å². The number of para-hydroxylation sites is 1. The van der Waals surface area contributed by atoms with Gasteiger partial charge in [0.1, 0.15) is 11.6 Å². The molecule has 0 spiro atoms. The Morgan fingerprint density at radius 2 is 1.77 bits per heavy atom. The Hall–Kier alpha value is -2.95. The number of benzene rings is 2. The molecule has 1 saturated carbocycles. The Labute approximate surface area is 176 Å². The second-order valence-corrected chi connectivity index (χ2v) is 8.29. The Bertz CT molecular complexity index is 1040. The van der Waals surface area contributed by atoms with E-state index in [2.05, 4.69) is 29.7 Å². The van der Waals surface area contributed by atoms with Crippen molar-refractivity contribution in [2.75, 3.05) is 5.32 Å². The van der Waals surface area contributed by atoms with Crippen molar-refractivity contribution >= 4 is 22.6 Å². The molecule has 2 N–H and O–H groups in total. The molecule has 4 nitrogen and oxygen atoms in total. The number of hydrogen-bond acceptors (Lipinski definition) is 3. The van der Waals surface area contributed by atoms with E-state index in [1.54, 1.807) is 18.2 Å². The fourth-order valence-electron chi connectivity index (χ4n) is 4.37. The largest absolute Gasteiger partial charge is 0.367 e. The van der Waals surface area contributed by atoms with Crippen LogP contribution in [0.3, 0.4) is 0 Å². The van der Waals surface area contributed by atoms with Crippen LogP contribution in [0.5, 0.6) is 0 Å². The number of nitrogens with zero attached hydrogens (tertiary/aromatic N) is 1. The summed E-state index contributed by atoms with van der Waals surface area (Å²) in [7, 11) is 0. The molecule has 30 heavy (non-hydrogen) atoms. The zero-order valence-corrected chi connectivity index (χ0v) is 17.5. The van der Waals surface area contributed by atoms with Gasteiger partial charge in [0.25, 0.3) is 0 Å². The van der Waals surface area contributed by atoms with Crippen molar-refractivity contribution in [3.63, 3.8) is 0 Å².